The Hall–Kier alpha value is -1.71. The van der Waals surface area contributed by atoms with E-state index < -0.39 is 0 Å². The second kappa shape index (κ2) is 5.58. The number of H-pyrrole nitrogens is 1. The molecule has 0 aliphatic carbocycles. The van der Waals surface area contributed by atoms with Crippen molar-refractivity contribution >= 4 is 51.0 Å². The van der Waals surface area contributed by atoms with Crippen molar-refractivity contribution in [1.82, 2.24) is 4.98 Å². The Morgan fingerprint density at radius 1 is 1.10 bits per heavy atom. The van der Waals surface area contributed by atoms with Gasteiger partial charge >= 0.3 is 5.97 Å². The van der Waals surface area contributed by atoms with Gasteiger partial charge in [0.15, 0.2) is 0 Å². The Kier molecular flexibility index (Phi) is 3.79. The van der Waals surface area contributed by atoms with E-state index in [1.165, 1.54) is 0 Å². The van der Waals surface area contributed by atoms with Gasteiger partial charge in [-0.3, -0.25) is 4.79 Å². The fourth-order valence-electron chi connectivity index (χ4n) is 2.44. The molecule has 0 aliphatic heterocycles. The quantitative estimate of drug-likeness (QED) is 0.708. The number of hydrogen-bond acceptors (Lipinski definition) is 2. The highest BCUT2D eigenvalue weighted by atomic mass is 35.5. The number of rotatable bonds is 3. The molecule has 2 aromatic carbocycles. The van der Waals surface area contributed by atoms with Gasteiger partial charge in [0.25, 0.3) is 0 Å². The number of esters is 1. The third-order valence-corrected chi connectivity index (χ3v) is 4.08. The van der Waals surface area contributed by atoms with Crippen molar-refractivity contribution in [1.29, 1.82) is 0 Å². The van der Waals surface area contributed by atoms with E-state index >= 15 is 0 Å². The van der Waals surface area contributed by atoms with E-state index in [-0.39, 0.29) is 12.4 Å². The van der Waals surface area contributed by atoms with Gasteiger partial charge in [0.2, 0.25) is 0 Å². The zero-order chi connectivity index (χ0) is 15.0. The zero-order valence-electron chi connectivity index (χ0n) is 11.4. The lowest BCUT2D eigenvalue weighted by atomic mass is 10.1. The van der Waals surface area contributed by atoms with E-state index in [0.717, 1.165) is 27.4 Å². The standard InChI is InChI=1S/C16H13Cl2NO2/c1-2-21-16(20)6-9-3-4-10-11-7-12(17)13(18)8-15(11)19-14(10)5-9/h3-5,7-8,19H,2,6H2,1H3. The van der Waals surface area contributed by atoms with Crippen LogP contribution in [0.2, 0.25) is 10.0 Å². The number of carbonyl (C=O) groups is 1. The molecule has 0 amide bonds. The summed E-state index contributed by atoms with van der Waals surface area (Å²) in [5.74, 6) is -0.223. The Bertz CT molecular complexity index is 839. The van der Waals surface area contributed by atoms with Crippen LogP contribution in [0.3, 0.4) is 0 Å². The minimum absolute atomic E-state index is 0.223. The van der Waals surface area contributed by atoms with Crippen LogP contribution < -0.4 is 0 Å². The first-order chi connectivity index (χ1) is 10.1. The first kappa shape index (κ1) is 14.2. The molecule has 0 saturated heterocycles. The van der Waals surface area contributed by atoms with E-state index in [1.807, 2.05) is 30.3 Å². The molecule has 0 fully saturated rings. The molecular weight excluding hydrogens is 309 g/mol. The Balaban J connectivity index is 2.06. The molecule has 0 saturated carbocycles. The SMILES string of the molecule is CCOC(=O)Cc1ccc2c(c1)[nH]c1cc(Cl)c(Cl)cc12. The van der Waals surface area contributed by atoms with Gasteiger partial charge in [0.05, 0.1) is 23.1 Å². The minimum Gasteiger partial charge on any atom is -0.466 e. The van der Waals surface area contributed by atoms with E-state index in [2.05, 4.69) is 4.98 Å². The maximum atomic E-state index is 11.5. The topological polar surface area (TPSA) is 42.1 Å². The number of ether oxygens (including phenoxy) is 1. The predicted octanol–water partition coefficient (Wildman–Crippen LogP) is 4.73. The summed E-state index contributed by atoms with van der Waals surface area (Å²) in [6, 6.07) is 9.52. The van der Waals surface area contributed by atoms with E-state index in [9.17, 15) is 4.79 Å². The highest BCUT2D eigenvalue weighted by Crippen LogP contribution is 2.32. The molecule has 0 radical (unpaired) electrons. The van der Waals surface area contributed by atoms with Gasteiger partial charge in [-0.15, -0.1) is 0 Å². The van der Waals surface area contributed by atoms with Crippen molar-refractivity contribution in [3.8, 4) is 0 Å². The summed E-state index contributed by atoms with van der Waals surface area (Å²) in [5.41, 5.74) is 2.78. The maximum absolute atomic E-state index is 11.5. The number of aromatic amines is 1. The van der Waals surface area contributed by atoms with Crippen LogP contribution in [0, 0.1) is 0 Å². The molecule has 3 rings (SSSR count). The van der Waals surface area contributed by atoms with Crippen LogP contribution in [0.4, 0.5) is 0 Å². The van der Waals surface area contributed by atoms with Crippen LogP contribution in [0.1, 0.15) is 12.5 Å². The predicted molar refractivity (Wildman–Crippen MR) is 86.2 cm³/mol. The van der Waals surface area contributed by atoms with Gasteiger partial charge < -0.3 is 9.72 Å². The summed E-state index contributed by atoms with van der Waals surface area (Å²) in [6.07, 6.45) is 0.265. The minimum atomic E-state index is -0.223. The molecule has 5 heteroatoms. The molecule has 0 bridgehead atoms. The number of benzene rings is 2. The average Bonchev–Trinajstić information content (AvgIpc) is 2.76. The molecule has 1 aromatic heterocycles. The molecular formula is C16H13Cl2NO2. The summed E-state index contributed by atoms with van der Waals surface area (Å²) in [6.45, 7) is 2.19. The van der Waals surface area contributed by atoms with Gasteiger partial charge in [-0.25, -0.2) is 0 Å². The Morgan fingerprint density at radius 3 is 2.57 bits per heavy atom. The summed E-state index contributed by atoms with van der Waals surface area (Å²) >= 11 is 12.1. The smallest absolute Gasteiger partial charge is 0.310 e. The third-order valence-electron chi connectivity index (χ3n) is 3.36. The van der Waals surface area contributed by atoms with Crippen molar-refractivity contribution in [3.63, 3.8) is 0 Å². The fraction of sp³-hybridized carbons (Fsp3) is 0.188. The van der Waals surface area contributed by atoms with Gasteiger partial charge in [-0.2, -0.15) is 0 Å². The van der Waals surface area contributed by atoms with Crippen LogP contribution in [0.5, 0.6) is 0 Å². The molecule has 1 heterocycles. The molecule has 0 atom stereocenters. The molecule has 3 aromatic rings. The van der Waals surface area contributed by atoms with E-state index in [0.29, 0.717) is 16.7 Å². The maximum Gasteiger partial charge on any atom is 0.310 e. The summed E-state index contributed by atoms with van der Waals surface area (Å²) in [4.78, 5) is 14.8. The number of aromatic nitrogens is 1. The van der Waals surface area contributed by atoms with Crippen LogP contribution in [-0.2, 0) is 16.0 Å². The molecule has 0 spiro atoms. The van der Waals surface area contributed by atoms with E-state index in [4.69, 9.17) is 27.9 Å². The first-order valence-corrected chi connectivity index (χ1v) is 7.39. The van der Waals surface area contributed by atoms with Gasteiger partial charge in [0, 0.05) is 21.8 Å². The summed E-state index contributed by atoms with van der Waals surface area (Å²) < 4.78 is 4.96. The van der Waals surface area contributed by atoms with Crippen molar-refractivity contribution in [2.45, 2.75) is 13.3 Å². The van der Waals surface area contributed by atoms with Crippen LogP contribution >= 0.6 is 23.2 Å². The number of carbonyl (C=O) groups excluding carboxylic acids is 1. The average molecular weight is 322 g/mol. The largest absolute Gasteiger partial charge is 0.466 e. The normalized spacial score (nSPS) is 11.2. The van der Waals surface area contributed by atoms with Crippen LogP contribution in [0.15, 0.2) is 30.3 Å². The monoisotopic (exact) mass is 321 g/mol. The molecule has 108 valence electrons. The van der Waals surface area contributed by atoms with Crippen LogP contribution in [-0.4, -0.2) is 17.6 Å². The number of fused-ring (bicyclic) bond motifs is 3. The second-order valence-corrected chi connectivity index (χ2v) is 5.61. The van der Waals surface area contributed by atoms with Crippen molar-refractivity contribution in [3.05, 3.63) is 45.9 Å². The molecule has 3 nitrogen and oxygen atoms in total. The lowest BCUT2D eigenvalue weighted by Gasteiger charge is -2.02. The Morgan fingerprint density at radius 2 is 1.81 bits per heavy atom. The van der Waals surface area contributed by atoms with Gasteiger partial charge in [-0.1, -0.05) is 35.3 Å². The fourth-order valence-corrected chi connectivity index (χ4v) is 2.76. The number of halogens is 2. The van der Waals surface area contributed by atoms with Gasteiger partial charge in [0.1, 0.15) is 0 Å². The van der Waals surface area contributed by atoms with Crippen molar-refractivity contribution in [2.75, 3.05) is 6.61 Å². The second-order valence-electron chi connectivity index (χ2n) is 4.80. The van der Waals surface area contributed by atoms with Gasteiger partial charge in [-0.05, 0) is 30.7 Å². The molecule has 0 aliphatic rings. The van der Waals surface area contributed by atoms with Crippen molar-refractivity contribution < 1.29 is 9.53 Å². The first-order valence-electron chi connectivity index (χ1n) is 6.63. The molecule has 21 heavy (non-hydrogen) atoms. The lowest BCUT2D eigenvalue weighted by molar-refractivity contribution is -0.142. The Labute approximate surface area is 131 Å². The number of hydrogen-bond donors (Lipinski definition) is 1. The van der Waals surface area contributed by atoms with E-state index in [1.54, 1.807) is 6.92 Å². The van der Waals surface area contributed by atoms with Crippen molar-refractivity contribution in [2.24, 2.45) is 0 Å². The lowest BCUT2D eigenvalue weighted by Crippen LogP contribution is -2.07. The summed E-state index contributed by atoms with van der Waals surface area (Å²) in [5, 5.41) is 3.11. The highest BCUT2D eigenvalue weighted by Gasteiger charge is 2.10. The number of nitrogens with one attached hydrogen (secondary N) is 1. The van der Waals surface area contributed by atoms with Crippen LogP contribution in [0.25, 0.3) is 21.8 Å². The molecule has 0 unspecified atom stereocenters. The molecule has 1 N–H and O–H groups in total. The highest BCUT2D eigenvalue weighted by molar-refractivity contribution is 6.43. The zero-order valence-corrected chi connectivity index (χ0v) is 12.9. The summed E-state index contributed by atoms with van der Waals surface area (Å²) in [7, 11) is 0. The third kappa shape index (κ3) is 2.71.